The average molecular weight is 516 g/mol. The Morgan fingerprint density at radius 3 is 2.14 bits per heavy atom. The summed E-state index contributed by atoms with van der Waals surface area (Å²) in [6.07, 6.45) is 3.82. The lowest BCUT2D eigenvalue weighted by atomic mass is 9.80. The normalized spacial score (nSPS) is 22.1. The average Bonchev–Trinajstić information content (AvgIpc) is 3.22. The van der Waals surface area contributed by atoms with Crippen LogP contribution in [0, 0.1) is 23.2 Å². The van der Waals surface area contributed by atoms with Gasteiger partial charge in [0.05, 0.1) is 6.04 Å². The van der Waals surface area contributed by atoms with E-state index >= 15 is 0 Å². The summed E-state index contributed by atoms with van der Waals surface area (Å²) in [5.74, 6) is -2.45. The van der Waals surface area contributed by atoms with Crippen LogP contribution in [0.1, 0.15) is 66.7 Å². The van der Waals surface area contributed by atoms with E-state index in [0.717, 1.165) is 24.8 Å². The Kier molecular flexibility index (Phi) is 10.0. The number of rotatable bonds is 9. The van der Waals surface area contributed by atoms with E-state index in [1.807, 2.05) is 23.2 Å². The summed E-state index contributed by atoms with van der Waals surface area (Å²) in [7, 11) is 1.99. The van der Waals surface area contributed by atoms with Gasteiger partial charge in [0, 0.05) is 6.54 Å². The molecule has 10 nitrogen and oxygen atoms in total. The van der Waals surface area contributed by atoms with E-state index < -0.39 is 53.1 Å². The molecule has 5 atom stereocenters. The molecule has 1 aliphatic heterocycles. The summed E-state index contributed by atoms with van der Waals surface area (Å²) in [6, 6.07) is -4.12. The van der Waals surface area contributed by atoms with Crippen molar-refractivity contribution in [3.63, 3.8) is 0 Å². The second-order valence-corrected chi connectivity index (χ2v) is 11.3. The number of carbonyl (C=O) groups excluding carboxylic acids is 5. The van der Waals surface area contributed by atoms with Crippen LogP contribution in [0.15, 0.2) is 0 Å². The lowest BCUT2D eigenvalue weighted by Crippen LogP contribution is -2.60. The van der Waals surface area contributed by atoms with Crippen LogP contribution in [0.2, 0.25) is 0 Å². The van der Waals surface area contributed by atoms with E-state index in [1.165, 1.54) is 4.90 Å². The Hall–Kier alpha value is -2.29. The largest absolute Gasteiger partial charge is 0.344 e. The molecule has 0 bridgehead atoms. The maximum Gasteiger partial charge on any atom is 0.343 e. The predicted molar refractivity (Wildman–Crippen MR) is 131 cm³/mol. The molecule has 0 radical (unpaired) electrons. The van der Waals surface area contributed by atoms with E-state index in [9.17, 15) is 28.5 Å². The molecule has 2 unspecified atom stereocenters. The Balaban J connectivity index is 2.32. The summed E-state index contributed by atoms with van der Waals surface area (Å²) < 4.78 is 12.7. The number of hydrogen-bond acceptors (Lipinski definition) is 5. The van der Waals surface area contributed by atoms with Crippen molar-refractivity contribution >= 4 is 38.9 Å². The molecule has 35 heavy (non-hydrogen) atoms. The minimum Gasteiger partial charge on any atom is -0.344 e. The second kappa shape index (κ2) is 12.1. The first kappa shape index (κ1) is 28.9. The number of nitrogens with one attached hydrogen (secondary N) is 4. The van der Waals surface area contributed by atoms with Crippen molar-refractivity contribution in [2.24, 2.45) is 23.2 Å². The zero-order chi connectivity index (χ0) is 26.5. The van der Waals surface area contributed by atoms with Gasteiger partial charge in [-0.25, -0.2) is 4.79 Å². The maximum absolute atomic E-state index is 13.6. The zero-order valence-corrected chi connectivity index (χ0v) is 22.3. The van der Waals surface area contributed by atoms with Gasteiger partial charge in [-0.1, -0.05) is 58.4 Å². The van der Waals surface area contributed by atoms with Gasteiger partial charge in [-0.15, -0.1) is 0 Å². The molecule has 0 aromatic rings. The molecule has 12 heteroatoms. The number of likely N-dealkylation sites (tertiary alicyclic amines) is 1. The van der Waals surface area contributed by atoms with Gasteiger partial charge in [0.2, 0.25) is 17.6 Å². The van der Waals surface area contributed by atoms with Crippen LogP contribution < -0.4 is 21.3 Å². The number of ketones is 1. The molecule has 1 saturated carbocycles. The van der Waals surface area contributed by atoms with Crippen molar-refractivity contribution in [2.45, 2.75) is 84.8 Å². The van der Waals surface area contributed by atoms with Gasteiger partial charge in [-0.2, -0.15) is 5.54 Å². The lowest BCUT2D eigenvalue weighted by Gasteiger charge is -2.37. The summed E-state index contributed by atoms with van der Waals surface area (Å²) >= 11 is 0. The van der Waals surface area contributed by atoms with Crippen LogP contribution >= 0.6 is 9.39 Å². The third kappa shape index (κ3) is 7.12. The topological polar surface area (TPSA) is 137 Å². The predicted octanol–water partition coefficient (Wildman–Crippen LogP) is 1.61. The van der Waals surface area contributed by atoms with E-state index in [0.29, 0.717) is 12.8 Å². The van der Waals surface area contributed by atoms with Crippen molar-refractivity contribution in [2.75, 3.05) is 6.54 Å². The van der Waals surface area contributed by atoms with Gasteiger partial charge in [0.1, 0.15) is 12.1 Å². The molecule has 0 aromatic carbocycles. The summed E-state index contributed by atoms with van der Waals surface area (Å²) in [5, 5.41) is 7.35. The first-order chi connectivity index (χ1) is 16.3. The van der Waals surface area contributed by atoms with Crippen LogP contribution in [0.25, 0.3) is 0 Å². The highest BCUT2D eigenvalue weighted by molar-refractivity contribution is 7.15. The quantitative estimate of drug-likeness (QED) is 0.210. The van der Waals surface area contributed by atoms with Crippen molar-refractivity contribution in [1.82, 2.24) is 26.2 Å². The molecule has 1 aliphatic carbocycles. The molecule has 2 rings (SSSR count). The van der Waals surface area contributed by atoms with Crippen molar-refractivity contribution in [3.8, 4) is 0 Å². The van der Waals surface area contributed by atoms with E-state index in [4.69, 9.17) is 0 Å². The number of Topliss-reactive ketones (excluding diaryl/α,β-unsaturated/α-hetero) is 1. The SMILES string of the molecule is CC(C)[C@H]1CCN(C(=O)[C@@H](NC(=O)NF)C(C)(C)C)[C@@H]1C(=O)NC(CC1CCC1)C(=O)C(=O)NP. The van der Waals surface area contributed by atoms with Crippen LogP contribution in [-0.2, 0) is 19.2 Å². The highest BCUT2D eigenvalue weighted by Gasteiger charge is 2.47. The molecular weight excluding hydrogens is 476 g/mol. The number of nitrogens with zero attached hydrogens (tertiary/aromatic N) is 1. The molecule has 4 N–H and O–H groups in total. The van der Waals surface area contributed by atoms with Gasteiger partial charge < -0.3 is 20.6 Å². The fraction of sp³-hybridized carbons (Fsp3) is 0.783. The highest BCUT2D eigenvalue weighted by atomic mass is 31.0. The molecule has 0 spiro atoms. The standard InChI is InChI=1S/C23H39FN5O5P/c1-12(2)14-9-10-29(21(33)18(23(3,4)5)26-22(34)27-24)16(14)19(31)25-15(11-13-7-6-8-13)17(30)20(32)28-35/h12-16,18H,6-11,35H2,1-5H3,(H,25,31)(H,28,32)(H2,26,27,34)/t14-,15?,16+,18-/m1/s1. The molecule has 0 aromatic heterocycles. The van der Waals surface area contributed by atoms with E-state index in [1.54, 1.807) is 20.8 Å². The number of hydrogen-bond donors (Lipinski definition) is 4. The van der Waals surface area contributed by atoms with Gasteiger partial charge in [0.15, 0.2) is 0 Å². The fourth-order valence-electron chi connectivity index (χ4n) is 4.85. The number of urea groups is 1. The third-order valence-corrected chi connectivity index (χ3v) is 7.37. The highest BCUT2D eigenvalue weighted by Crippen LogP contribution is 2.34. The lowest BCUT2D eigenvalue weighted by molar-refractivity contribution is -0.144. The zero-order valence-electron chi connectivity index (χ0n) is 21.2. The summed E-state index contributed by atoms with van der Waals surface area (Å²) in [4.78, 5) is 65.0. The van der Waals surface area contributed by atoms with Crippen LogP contribution in [0.4, 0.5) is 9.28 Å². The van der Waals surface area contributed by atoms with E-state index in [-0.39, 0.29) is 24.3 Å². The van der Waals surface area contributed by atoms with Gasteiger partial charge in [0.25, 0.3) is 5.91 Å². The van der Waals surface area contributed by atoms with Gasteiger partial charge >= 0.3 is 6.03 Å². The summed E-state index contributed by atoms with van der Waals surface area (Å²) in [5.41, 5.74) is 0.217. The molecule has 2 aliphatic rings. The monoisotopic (exact) mass is 515 g/mol. The third-order valence-electron chi connectivity index (χ3n) is 7.11. The summed E-state index contributed by atoms with van der Waals surface area (Å²) in [6.45, 7) is 9.37. The second-order valence-electron chi connectivity index (χ2n) is 11.0. The Bertz CT molecular complexity index is 830. The molecule has 198 valence electrons. The van der Waals surface area contributed by atoms with E-state index in [2.05, 4.69) is 15.7 Å². The van der Waals surface area contributed by atoms with Crippen molar-refractivity contribution in [3.05, 3.63) is 0 Å². The van der Waals surface area contributed by atoms with Gasteiger partial charge in [-0.05, 0) is 45.4 Å². The maximum atomic E-state index is 13.6. The number of amides is 5. The Labute approximate surface area is 208 Å². The molecule has 1 saturated heterocycles. The molecular formula is C23H39FN5O5P. The fourth-order valence-corrected chi connectivity index (χ4v) is 4.99. The smallest absolute Gasteiger partial charge is 0.343 e. The number of carbonyl (C=O) groups is 5. The van der Waals surface area contributed by atoms with Crippen LogP contribution in [0.5, 0.6) is 0 Å². The molecule has 1 heterocycles. The van der Waals surface area contributed by atoms with Crippen molar-refractivity contribution in [1.29, 1.82) is 0 Å². The minimum atomic E-state index is -1.14. The Morgan fingerprint density at radius 2 is 1.69 bits per heavy atom. The molecule has 5 amide bonds. The first-order valence-electron chi connectivity index (χ1n) is 12.1. The van der Waals surface area contributed by atoms with Gasteiger partial charge in [-0.3, -0.25) is 19.2 Å². The Morgan fingerprint density at radius 1 is 1.06 bits per heavy atom. The van der Waals surface area contributed by atoms with Crippen LogP contribution in [-0.4, -0.2) is 59.1 Å². The number of halogens is 1. The molecule has 2 fully saturated rings. The minimum absolute atomic E-state index is 0.0508. The first-order valence-corrected chi connectivity index (χ1v) is 12.7. The van der Waals surface area contributed by atoms with Crippen LogP contribution in [0.3, 0.4) is 0 Å². The van der Waals surface area contributed by atoms with Crippen molar-refractivity contribution < 1.29 is 28.5 Å².